The van der Waals surface area contributed by atoms with E-state index in [1.807, 2.05) is 0 Å². The van der Waals surface area contributed by atoms with E-state index in [2.05, 4.69) is 9.43 Å². The number of hydrogen-bond donors (Lipinski definition) is 0. The highest BCUT2D eigenvalue weighted by Gasteiger charge is 2.13. The molecule has 0 radical (unpaired) electrons. The minimum atomic E-state index is 0.420. The van der Waals surface area contributed by atoms with E-state index >= 15 is 0 Å². The zero-order chi connectivity index (χ0) is 9.14. The second-order valence-corrected chi connectivity index (χ2v) is 2.99. The van der Waals surface area contributed by atoms with Crippen LogP contribution >= 0.6 is 23.6 Å². The van der Waals surface area contributed by atoms with Crippen molar-refractivity contribution >= 4 is 23.6 Å². The van der Waals surface area contributed by atoms with Crippen LogP contribution in [0.25, 0.3) is 0 Å². The number of halogens is 1. The highest BCUT2D eigenvalue weighted by Crippen LogP contribution is 2.27. The molecule has 0 aliphatic heterocycles. The number of nitrogens with zero attached hydrogens (tertiary/aromatic N) is 2. The van der Waals surface area contributed by atoms with Gasteiger partial charge in [0.05, 0.1) is 5.69 Å². The molecule has 1 aromatic rings. The highest BCUT2D eigenvalue weighted by atomic mass is 35.5. The summed E-state index contributed by atoms with van der Waals surface area (Å²) >= 11 is 6.95. The highest BCUT2D eigenvalue weighted by molar-refractivity contribution is 7.93. The van der Waals surface area contributed by atoms with Crippen LogP contribution in [0.3, 0.4) is 0 Å². The summed E-state index contributed by atoms with van der Waals surface area (Å²) < 4.78 is 6.19. The number of rotatable bonds is 3. The summed E-state index contributed by atoms with van der Waals surface area (Å²) in [4.78, 5) is 4.87. The molecule has 0 aliphatic rings. The van der Waals surface area contributed by atoms with E-state index in [9.17, 15) is 0 Å². The molecule has 1 rings (SSSR count). The topological polar surface area (TPSA) is 36.3 Å². The first-order valence-electron chi connectivity index (χ1n) is 3.23. The smallest absolute Gasteiger partial charge is 0.275 e. The first kappa shape index (κ1) is 9.70. The van der Waals surface area contributed by atoms with Crippen LogP contribution in [0.15, 0.2) is 0 Å². The van der Waals surface area contributed by atoms with Crippen molar-refractivity contribution in [2.24, 2.45) is 7.05 Å². The van der Waals surface area contributed by atoms with Gasteiger partial charge >= 0.3 is 0 Å². The number of hydrogen-bond acceptors (Lipinski definition) is 4. The van der Waals surface area contributed by atoms with Gasteiger partial charge in [0.1, 0.15) is 5.02 Å². The Labute approximate surface area is 79.9 Å². The van der Waals surface area contributed by atoms with E-state index < -0.39 is 0 Å². The van der Waals surface area contributed by atoms with Gasteiger partial charge in [-0.05, 0) is 6.92 Å². The van der Waals surface area contributed by atoms with E-state index in [-0.39, 0.29) is 0 Å². The number of aryl methyl sites for hydroxylation is 2. The molecule has 0 aliphatic carbocycles. The summed E-state index contributed by atoms with van der Waals surface area (Å²) in [5.74, 6) is 0.420. The van der Waals surface area contributed by atoms with Crippen LogP contribution in [-0.2, 0) is 11.4 Å². The van der Waals surface area contributed by atoms with Crippen molar-refractivity contribution in [1.82, 2.24) is 9.78 Å². The Bertz CT molecular complexity index is 277. The van der Waals surface area contributed by atoms with Gasteiger partial charge in [0.25, 0.3) is 5.88 Å². The second kappa shape index (κ2) is 4.02. The lowest BCUT2D eigenvalue weighted by atomic mass is 10.5. The van der Waals surface area contributed by atoms with E-state index in [1.165, 1.54) is 4.68 Å². The zero-order valence-corrected chi connectivity index (χ0v) is 8.57. The van der Waals surface area contributed by atoms with Crippen LogP contribution in [0.5, 0.6) is 5.88 Å². The van der Waals surface area contributed by atoms with Gasteiger partial charge in [-0.15, -0.1) is 4.33 Å². The summed E-state index contributed by atoms with van der Waals surface area (Å²) in [5, 5.41) is 4.51. The summed E-state index contributed by atoms with van der Waals surface area (Å²) in [5.41, 5.74) is 0.721. The van der Waals surface area contributed by atoms with Gasteiger partial charge in [0, 0.05) is 25.3 Å². The minimum Gasteiger partial charge on any atom is -0.303 e. The largest absolute Gasteiger partial charge is 0.303 e. The average Bonchev–Trinajstić information content (AvgIpc) is 2.25. The molecule has 12 heavy (non-hydrogen) atoms. The second-order valence-electron chi connectivity index (χ2n) is 2.15. The van der Waals surface area contributed by atoms with Gasteiger partial charge < -0.3 is 4.89 Å². The molecule has 0 amide bonds. The molecule has 0 aromatic carbocycles. The van der Waals surface area contributed by atoms with Crippen LogP contribution in [-0.4, -0.2) is 16.0 Å². The molecule has 0 bridgehead atoms. The minimum absolute atomic E-state index is 0.420. The fourth-order valence-electron chi connectivity index (χ4n) is 0.768. The molecule has 0 unspecified atom stereocenters. The molecule has 1 aromatic heterocycles. The van der Waals surface area contributed by atoms with Gasteiger partial charge in [-0.3, -0.25) is 0 Å². The summed E-state index contributed by atoms with van der Waals surface area (Å²) in [6.07, 6.45) is 1.75. The third-order valence-corrected chi connectivity index (χ3v) is 1.92. The monoisotopic (exact) mass is 208 g/mol. The Balaban J connectivity index is 2.82. The molecule has 0 saturated heterocycles. The van der Waals surface area contributed by atoms with Crippen molar-refractivity contribution < 1.29 is 9.22 Å². The SMILES string of the molecule is CSOOc1c(Cl)c(C)nn1C. The van der Waals surface area contributed by atoms with E-state index in [0.29, 0.717) is 10.9 Å². The van der Waals surface area contributed by atoms with Crippen LogP contribution in [0, 0.1) is 6.92 Å². The van der Waals surface area contributed by atoms with Gasteiger partial charge in [0.15, 0.2) is 0 Å². The lowest BCUT2D eigenvalue weighted by molar-refractivity contribution is -0.0851. The Hall–Kier alpha value is -0.390. The van der Waals surface area contributed by atoms with E-state index in [4.69, 9.17) is 16.5 Å². The van der Waals surface area contributed by atoms with Gasteiger partial charge in [-0.1, -0.05) is 11.6 Å². The number of aromatic nitrogens is 2. The molecular formula is C6H9ClN2O2S. The van der Waals surface area contributed by atoms with Crippen LogP contribution < -0.4 is 4.89 Å². The van der Waals surface area contributed by atoms with E-state index in [1.54, 1.807) is 20.2 Å². The Morgan fingerprint density at radius 2 is 2.25 bits per heavy atom. The molecule has 0 N–H and O–H groups in total. The predicted octanol–water partition coefficient (Wildman–Crippen LogP) is 1.97. The maximum Gasteiger partial charge on any atom is 0.275 e. The normalized spacial score (nSPS) is 10.3. The van der Waals surface area contributed by atoms with Gasteiger partial charge in [-0.2, -0.15) is 5.10 Å². The summed E-state index contributed by atoms with van der Waals surface area (Å²) in [6, 6.07) is 0. The molecule has 0 fully saturated rings. The van der Waals surface area contributed by atoms with Crippen LogP contribution in [0.1, 0.15) is 5.69 Å². The Morgan fingerprint density at radius 1 is 1.58 bits per heavy atom. The maximum absolute atomic E-state index is 5.85. The molecule has 1 heterocycles. The molecule has 68 valence electrons. The molecule has 0 spiro atoms. The van der Waals surface area contributed by atoms with Gasteiger partial charge in [0.2, 0.25) is 0 Å². The first-order chi connectivity index (χ1) is 5.66. The maximum atomic E-state index is 5.85. The van der Waals surface area contributed by atoms with Crippen LogP contribution in [0.4, 0.5) is 0 Å². The van der Waals surface area contributed by atoms with Crippen molar-refractivity contribution in [3.8, 4) is 5.88 Å². The lowest BCUT2D eigenvalue weighted by Gasteiger charge is -2.00. The fraction of sp³-hybridized carbons (Fsp3) is 0.500. The van der Waals surface area contributed by atoms with Crippen molar-refractivity contribution in [2.75, 3.05) is 6.26 Å². The lowest BCUT2D eigenvalue weighted by Crippen LogP contribution is -1.97. The third kappa shape index (κ3) is 1.85. The fourth-order valence-corrected chi connectivity index (χ4v) is 1.09. The molecule has 4 nitrogen and oxygen atoms in total. The summed E-state index contributed by atoms with van der Waals surface area (Å²) in [6.45, 7) is 1.80. The molecule has 0 saturated carbocycles. The summed E-state index contributed by atoms with van der Waals surface area (Å²) in [7, 11) is 1.73. The predicted molar refractivity (Wildman–Crippen MR) is 48.2 cm³/mol. The van der Waals surface area contributed by atoms with Crippen molar-refractivity contribution in [3.05, 3.63) is 10.7 Å². The zero-order valence-electron chi connectivity index (χ0n) is 7.00. The molecule has 6 heteroatoms. The standard InChI is InChI=1S/C6H9ClN2O2S/c1-4-5(7)6(9(2)8-4)10-11-12-3/h1-3H3. The first-order valence-corrected chi connectivity index (χ1v) is 4.76. The van der Waals surface area contributed by atoms with Crippen molar-refractivity contribution in [2.45, 2.75) is 6.92 Å². The quantitative estimate of drug-likeness (QED) is 0.432. The van der Waals surface area contributed by atoms with Crippen molar-refractivity contribution in [3.63, 3.8) is 0 Å². The molecule has 0 atom stereocenters. The van der Waals surface area contributed by atoms with E-state index in [0.717, 1.165) is 17.7 Å². The van der Waals surface area contributed by atoms with Crippen molar-refractivity contribution in [1.29, 1.82) is 0 Å². The molecular weight excluding hydrogens is 200 g/mol. The third-order valence-electron chi connectivity index (χ3n) is 1.28. The van der Waals surface area contributed by atoms with Crippen LogP contribution in [0.2, 0.25) is 5.02 Å². The Morgan fingerprint density at radius 3 is 2.67 bits per heavy atom. The van der Waals surface area contributed by atoms with Gasteiger partial charge in [-0.25, -0.2) is 4.68 Å². The average molecular weight is 209 g/mol. The Kier molecular flexibility index (Phi) is 3.25.